The number of aryl methyl sites for hydroxylation is 2. The summed E-state index contributed by atoms with van der Waals surface area (Å²) in [5.74, 6) is 0.350. The standard InChI is InChI=1S/C17H13F3N6/c1-10-6-11(2)26(25-10)15-8-14(9-21)23-16(24-15)22-13-5-3-4-12(7-13)17(18,19)20/h3-8H,1-2H3,(H,22,23,24). The van der Waals surface area contributed by atoms with Crippen molar-refractivity contribution in [3.05, 3.63) is 59.0 Å². The first-order valence-electron chi connectivity index (χ1n) is 7.53. The van der Waals surface area contributed by atoms with Gasteiger partial charge >= 0.3 is 6.18 Å². The van der Waals surface area contributed by atoms with Crippen LogP contribution in [0.15, 0.2) is 36.4 Å². The third-order valence-electron chi connectivity index (χ3n) is 3.50. The highest BCUT2D eigenvalue weighted by atomic mass is 19.4. The molecular formula is C17H13F3N6. The van der Waals surface area contributed by atoms with Gasteiger partial charge in [0.25, 0.3) is 0 Å². The topological polar surface area (TPSA) is 79.4 Å². The van der Waals surface area contributed by atoms with Gasteiger partial charge in [-0.05, 0) is 38.1 Å². The minimum Gasteiger partial charge on any atom is -0.324 e. The van der Waals surface area contributed by atoms with Crippen molar-refractivity contribution in [2.24, 2.45) is 0 Å². The van der Waals surface area contributed by atoms with Crippen LogP contribution in [0.1, 0.15) is 22.6 Å². The van der Waals surface area contributed by atoms with E-state index in [-0.39, 0.29) is 17.3 Å². The van der Waals surface area contributed by atoms with Crippen molar-refractivity contribution in [2.75, 3.05) is 5.32 Å². The van der Waals surface area contributed by atoms with Gasteiger partial charge in [0.05, 0.1) is 11.3 Å². The molecule has 0 saturated carbocycles. The zero-order valence-corrected chi connectivity index (χ0v) is 13.8. The van der Waals surface area contributed by atoms with Crippen molar-refractivity contribution in [1.82, 2.24) is 19.7 Å². The summed E-state index contributed by atoms with van der Waals surface area (Å²) in [4.78, 5) is 8.25. The van der Waals surface area contributed by atoms with E-state index < -0.39 is 11.7 Å². The fourth-order valence-electron chi connectivity index (χ4n) is 2.42. The first-order valence-corrected chi connectivity index (χ1v) is 7.53. The molecule has 0 aliphatic heterocycles. The van der Waals surface area contributed by atoms with Gasteiger partial charge in [-0.3, -0.25) is 0 Å². The highest BCUT2D eigenvalue weighted by Crippen LogP contribution is 2.31. The normalized spacial score (nSPS) is 11.2. The average molecular weight is 358 g/mol. The number of nitrogens with one attached hydrogen (secondary N) is 1. The van der Waals surface area contributed by atoms with E-state index in [9.17, 15) is 18.4 Å². The van der Waals surface area contributed by atoms with Crippen LogP contribution in [0, 0.1) is 25.2 Å². The Morgan fingerprint density at radius 3 is 2.50 bits per heavy atom. The predicted octanol–water partition coefficient (Wildman–Crippen LogP) is 3.91. The number of aromatic nitrogens is 4. The molecule has 0 saturated heterocycles. The highest BCUT2D eigenvalue weighted by molar-refractivity contribution is 5.56. The SMILES string of the molecule is Cc1cc(C)n(-c2cc(C#N)nc(Nc3cccc(C(F)(F)F)c3)n2)n1. The number of benzene rings is 1. The molecule has 0 amide bonds. The van der Waals surface area contributed by atoms with E-state index in [1.165, 1.54) is 22.9 Å². The first kappa shape index (κ1) is 17.4. The summed E-state index contributed by atoms with van der Waals surface area (Å²) in [7, 11) is 0. The zero-order chi connectivity index (χ0) is 18.9. The summed E-state index contributed by atoms with van der Waals surface area (Å²) >= 11 is 0. The van der Waals surface area contributed by atoms with E-state index in [1.54, 1.807) is 0 Å². The number of nitrogens with zero attached hydrogens (tertiary/aromatic N) is 5. The number of halogens is 3. The van der Waals surface area contributed by atoms with Gasteiger partial charge in [-0.2, -0.15) is 28.5 Å². The third kappa shape index (κ3) is 3.64. The largest absolute Gasteiger partial charge is 0.416 e. The van der Waals surface area contributed by atoms with E-state index in [0.29, 0.717) is 5.82 Å². The molecule has 9 heteroatoms. The third-order valence-corrected chi connectivity index (χ3v) is 3.50. The maximum Gasteiger partial charge on any atom is 0.416 e. The van der Waals surface area contributed by atoms with Gasteiger partial charge in [-0.25, -0.2) is 9.67 Å². The Bertz CT molecular complexity index is 1000. The lowest BCUT2D eigenvalue weighted by Crippen LogP contribution is -2.08. The van der Waals surface area contributed by atoms with Crippen LogP contribution in [0.4, 0.5) is 24.8 Å². The van der Waals surface area contributed by atoms with E-state index in [4.69, 9.17) is 0 Å². The number of rotatable bonds is 3. The van der Waals surface area contributed by atoms with Gasteiger partial charge in [-0.15, -0.1) is 0 Å². The van der Waals surface area contributed by atoms with Crippen LogP contribution in [0.25, 0.3) is 5.82 Å². The van der Waals surface area contributed by atoms with Crippen molar-refractivity contribution in [1.29, 1.82) is 5.26 Å². The molecule has 6 nitrogen and oxygen atoms in total. The average Bonchev–Trinajstić information content (AvgIpc) is 2.92. The molecule has 0 radical (unpaired) electrons. The van der Waals surface area contributed by atoms with Crippen LogP contribution >= 0.6 is 0 Å². The Kier molecular flexibility index (Phi) is 4.34. The molecule has 1 aromatic carbocycles. The number of anilines is 2. The maximum atomic E-state index is 12.8. The van der Waals surface area contributed by atoms with Crippen molar-refractivity contribution in [2.45, 2.75) is 20.0 Å². The maximum absolute atomic E-state index is 12.8. The van der Waals surface area contributed by atoms with Crippen LogP contribution in [-0.2, 0) is 6.18 Å². The molecule has 26 heavy (non-hydrogen) atoms. The molecule has 2 heterocycles. The fourth-order valence-corrected chi connectivity index (χ4v) is 2.42. The quantitative estimate of drug-likeness (QED) is 0.768. The molecule has 2 aromatic heterocycles. The molecule has 3 aromatic rings. The lowest BCUT2D eigenvalue weighted by molar-refractivity contribution is -0.137. The Morgan fingerprint density at radius 1 is 1.12 bits per heavy atom. The molecule has 0 aliphatic carbocycles. The van der Waals surface area contributed by atoms with E-state index in [0.717, 1.165) is 23.5 Å². The van der Waals surface area contributed by atoms with E-state index >= 15 is 0 Å². The number of nitriles is 1. The van der Waals surface area contributed by atoms with Crippen LogP contribution in [0.3, 0.4) is 0 Å². The molecular weight excluding hydrogens is 345 g/mol. The van der Waals surface area contributed by atoms with E-state index in [1.807, 2.05) is 26.0 Å². The van der Waals surface area contributed by atoms with Crippen LogP contribution in [-0.4, -0.2) is 19.7 Å². The first-order chi connectivity index (χ1) is 12.3. The van der Waals surface area contributed by atoms with Gasteiger partial charge in [0.15, 0.2) is 5.82 Å². The molecule has 132 valence electrons. The number of alkyl halides is 3. The number of hydrogen-bond donors (Lipinski definition) is 1. The minimum atomic E-state index is -4.46. The van der Waals surface area contributed by atoms with Crippen molar-refractivity contribution >= 4 is 11.6 Å². The summed E-state index contributed by atoms with van der Waals surface area (Å²) in [6.45, 7) is 3.64. The number of hydrogen-bond acceptors (Lipinski definition) is 5. The Hall–Kier alpha value is -3.41. The summed E-state index contributed by atoms with van der Waals surface area (Å²) < 4.78 is 40.1. The highest BCUT2D eigenvalue weighted by Gasteiger charge is 2.30. The van der Waals surface area contributed by atoms with Crippen molar-refractivity contribution in [3.8, 4) is 11.9 Å². The molecule has 0 fully saturated rings. The molecule has 0 bridgehead atoms. The fraction of sp³-hybridized carbons (Fsp3) is 0.176. The van der Waals surface area contributed by atoms with Gasteiger partial charge < -0.3 is 5.32 Å². The summed E-state index contributed by atoms with van der Waals surface area (Å²) in [6, 6.07) is 9.87. The minimum absolute atomic E-state index is 0.00549. The van der Waals surface area contributed by atoms with Crippen LogP contribution < -0.4 is 5.32 Å². The Labute approximate surface area is 146 Å². The molecule has 0 unspecified atom stereocenters. The predicted molar refractivity (Wildman–Crippen MR) is 88.1 cm³/mol. The van der Waals surface area contributed by atoms with Crippen LogP contribution in [0.5, 0.6) is 0 Å². The Morgan fingerprint density at radius 2 is 1.88 bits per heavy atom. The molecule has 0 atom stereocenters. The lowest BCUT2D eigenvalue weighted by Gasteiger charge is -2.11. The second-order valence-corrected chi connectivity index (χ2v) is 5.59. The lowest BCUT2D eigenvalue weighted by atomic mass is 10.2. The van der Waals surface area contributed by atoms with Gasteiger partial charge in [0, 0.05) is 17.4 Å². The van der Waals surface area contributed by atoms with Gasteiger partial charge in [-0.1, -0.05) is 6.07 Å². The van der Waals surface area contributed by atoms with Crippen molar-refractivity contribution < 1.29 is 13.2 Å². The molecule has 0 aliphatic rings. The van der Waals surface area contributed by atoms with Crippen LogP contribution in [0.2, 0.25) is 0 Å². The molecule has 0 spiro atoms. The second-order valence-electron chi connectivity index (χ2n) is 5.59. The Balaban J connectivity index is 2.00. The van der Waals surface area contributed by atoms with E-state index in [2.05, 4.69) is 20.4 Å². The monoisotopic (exact) mass is 358 g/mol. The molecule has 3 rings (SSSR count). The zero-order valence-electron chi connectivity index (χ0n) is 13.8. The molecule has 1 N–H and O–H groups in total. The van der Waals surface area contributed by atoms with Gasteiger partial charge in [0.1, 0.15) is 11.8 Å². The summed E-state index contributed by atoms with van der Waals surface area (Å²) in [5.41, 5.74) is 1.01. The smallest absolute Gasteiger partial charge is 0.324 e. The van der Waals surface area contributed by atoms with Crippen molar-refractivity contribution in [3.63, 3.8) is 0 Å². The summed E-state index contributed by atoms with van der Waals surface area (Å²) in [5, 5.41) is 16.2. The summed E-state index contributed by atoms with van der Waals surface area (Å²) in [6.07, 6.45) is -4.46. The second kappa shape index (κ2) is 6.48. The van der Waals surface area contributed by atoms with Gasteiger partial charge in [0.2, 0.25) is 5.95 Å².